The summed E-state index contributed by atoms with van der Waals surface area (Å²) in [6.07, 6.45) is 1.05. The van der Waals surface area contributed by atoms with Crippen LogP contribution in [0.25, 0.3) is 0 Å². The number of hydrogen-bond donors (Lipinski definition) is 0. The van der Waals surface area contributed by atoms with Crippen LogP contribution in [0.4, 0.5) is 0 Å². The fourth-order valence-electron chi connectivity index (χ4n) is 1.25. The smallest absolute Gasteiger partial charge is 0.124 e. The molecule has 0 aliphatic heterocycles. The molecule has 0 spiro atoms. The van der Waals surface area contributed by atoms with E-state index in [1.807, 2.05) is 31.2 Å². The Morgan fingerprint density at radius 1 is 1.14 bits per heavy atom. The van der Waals surface area contributed by atoms with E-state index in [9.17, 15) is 0 Å². The maximum absolute atomic E-state index is 5.49. The van der Waals surface area contributed by atoms with Crippen molar-refractivity contribution in [2.45, 2.75) is 26.9 Å². The van der Waals surface area contributed by atoms with Gasteiger partial charge < -0.3 is 9.47 Å². The largest absolute Gasteiger partial charge is 0.494 e. The van der Waals surface area contributed by atoms with Gasteiger partial charge in [-0.3, -0.25) is 0 Å². The fraction of sp³-hybridized carbons (Fsp3) is 0.500. The summed E-state index contributed by atoms with van der Waals surface area (Å²) in [4.78, 5) is 0. The van der Waals surface area contributed by atoms with Crippen molar-refractivity contribution < 1.29 is 9.47 Å². The molecular weight excluding hydrogens is 176 g/mol. The Hall–Kier alpha value is -1.02. The van der Waals surface area contributed by atoms with Crippen LogP contribution in [0, 0.1) is 0 Å². The topological polar surface area (TPSA) is 18.5 Å². The molecule has 0 N–H and O–H groups in total. The normalized spacial score (nSPS) is 10.1. The highest BCUT2D eigenvalue weighted by Crippen LogP contribution is 2.18. The van der Waals surface area contributed by atoms with E-state index >= 15 is 0 Å². The number of hydrogen-bond acceptors (Lipinski definition) is 2. The van der Waals surface area contributed by atoms with Gasteiger partial charge in [0.25, 0.3) is 0 Å². The minimum absolute atomic E-state index is 0.643. The first-order chi connectivity index (χ1) is 6.88. The van der Waals surface area contributed by atoms with E-state index in [1.165, 1.54) is 0 Å². The van der Waals surface area contributed by atoms with Crippen LogP contribution in [0.3, 0.4) is 0 Å². The molecule has 0 unspecified atom stereocenters. The number of benzene rings is 1. The molecule has 1 aromatic carbocycles. The summed E-state index contributed by atoms with van der Waals surface area (Å²) in [6, 6.07) is 8.01. The summed E-state index contributed by atoms with van der Waals surface area (Å²) in [5.74, 6) is 0.936. The highest BCUT2D eigenvalue weighted by Gasteiger charge is 2.01. The van der Waals surface area contributed by atoms with Crippen LogP contribution < -0.4 is 4.74 Å². The van der Waals surface area contributed by atoms with Gasteiger partial charge in [-0.15, -0.1) is 0 Å². The SMILES string of the molecule is CCCOCc1ccccc1OCC. The Balaban J connectivity index is 2.55. The third-order valence-corrected chi connectivity index (χ3v) is 1.88. The van der Waals surface area contributed by atoms with Gasteiger partial charge >= 0.3 is 0 Å². The highest BCUT2D eigenvalue weighted by molar-refractivity contribution is 5.32. The molecule has 0 fully saturated rings. The molecule has 0 aliphatic carbocycles. The van der Waals surface area contributed by atoms with Gasteiger partial charge in [-0.25, -0.2) is 0 Å². The van der Waals surface area contributed by atoms with Crippen molar-refractivity contribution in [3.63, 3.8) is 0 Å². The van der Waals surface area contributed by atoms with Crippen molar-refractivity contribution in [3.05, 3.63) is 29.8 Å². The lowest BCUT2D eigenvalue weighted by Crippen LogP contribution is -1.99. The number of para-hydroxylation sites is 1. The van der Waals surface area contributed by atoms with Gasteiger partial charge in [0.15, 0.2) is 0 Å². The molecule has 0 amide bonds. The predicted molar refractivity (Wildman–Crippen MR) is 57.6 cm³/mol. The van der Waals surface area contributed by atoms with Crippen LogP contribution in [0.1, 0.15) is 25.8 Å². The molecule has 0 aliphatic rings. The van der Waals surface area contributed by atoms with Gasteiger partial charge in [-0.2, -0.15) is 0 Å². The van der Waals surface area contributed by atoms with E-state index in [0.717, 1.165) is 24.3 Å². The second-order valence-corrected chi connectivity index (χ2v) is 3.09. The summed E-state index contributed by atoms with van der Waals surface area (Å²) in [7, 11) is 0. The zero-order valence-electron chi connectivity index (χ0n) is 8.95. The Bertz CT molecular complexity index is 258. The molecule has 0 aromatic heterocycles. The average molecular weight is 194 g/mol. The Morgan fingerprint density at radius 3 is 2.64 bits per heavy atom. The Morgan fingerprint density at radius 2 is 1.93 bits per heavy atom. The van der Waals surface area contributed by atoms with Crippen molar-refractivity contribution in [1.29, 1.82) is 0 Å². The van der Waals surface area contributed by atoms with Crippen molar-refractivity contribution in [3.8, 4) is 5.75 Å². The molecule has 1 aromatic rings. The van der Waals surface area contributed by atoms with Crippen LogP contribution >= 0.6 is 0 Å². The van der Waals surface area contributed by atoms with Gasteiger partial charge in [-0.05, 0) is 19.4 Å². The lowest BCUT2D eigenvalue weighted by atomic mass is 10.2. The van der Waals surface area contributed by atoms with Crippen LogP contribution in [0.15, 0.2) is 24.3 Å². The first kappa shape index (κ1) is 11.1. The molecule has 2 heteroatoms. The van der Waals surface area contributed by atoms with Crippen molar-refractivity contribution >= 4 is 0 Å². The molecule has 0 atom stereocenters. The van der Waals surface area contributed by atoms with Crippen LogP contribution in [0.2, 0.25) is 0 Å². The van der Waals surface area contributed by atoms with E-state index in [4.69, 9.17) is 9.47 Å². The second kappa shape index (κ2) is 6.44. The molecule has 0 bridgehead atoms. The third-order valence-electron chi connectivity index (χ3n) is 1.88. The zero-order chi connectivity index (χ0) is 10.2. The molecule has 0 heterocycles. The molecule has 0 radical (unpaired) electrons. The maximum atomic E-state index is 5.49. The summed E-state index contributed by atoms with van der Waals surface area (Å²) in [5, 5.41) is 0. The molecule has 0 saturated heterocycles. The minimum Gasteiger partial charge on any atom is -0.494 e. The quantitative estimate of drug-likeness (QED) is 0.648. The Kier molecular flexibility index (Phi) is 5.08. The lowest BCUT2D eigenvalue weighted by molar-refractivity contribution is 0.119. The number of ether oxygens (including phenoxy) is 2. The second-order valence-electron chi connectivity index (χ2n) is 3.09. The monoisotopic (exact) mass is 194 g/mol. The summed E-state index contributed by atoms with van der Waals surface area (Å²) in [6.45, 7) is 6.24. The van der Waals surface area contributed by atoms with E-state index in [2.05, 4.69) is 6.92 Å². The first-order valence-corrected chi connectivity index (χ1v) is 5.17. The minimum atomic E-state index is 0.643. The van der Waals surface area contributed by atoms with Crippen molar-refractivity contribution in [2.24, 2.45) is 0 Å². The van der Waals surface area contributed by atoms with Crippen LogP contribution in [-0.4, -0.2) is 13.2 Å². The summed E-state index contributed by atoms with van der Waals surface area (Å²) in [5.41, 5.74) is 1.13. The van der Waals surface area contributed by atoms with Gasteiger partial charge in [0.2, 0.25) is 0 Å². The zero-order valence-corrected chi connectivity index (χ0v) is 8.95. The van der Waals surface area contributed by atoms with Gasteiger partial charge in [0.05, 0.1) is 13.2 Å². The van der Waals surface area contributed by atoms with Gasteiger partial charge in [-0.1, -0.05) is 25.1 Å². The molecule has 1 rings (SSSR count). The van der Waals surface area contributed by atoms with Gasteiger partial charge in [0, 0.05) is 12.2 Å². The van der Waals surface area contributed by atoms with Gasteiger partial charge in [0.1, 0.15) is 5.75 Å². The molecule has 0 saturated carbocycles. The lowest BCUT2D eigenvalue weighted by Gasteiger charge is -2.09. The fourth-order valence-corrected chi connectivity index (χ4v) is 1.25. The Labute approximate surface area is 85.8 Å². The summed E-state index contributed by atoms with van der Waals surface area (Å²) >= 11 is 0. The highest BCUT2D eigenvalue weighted by atomic mass is 16.5. The van der Waals surface area contributed by atoms with Crippen LogP contribution in [-0.2, 0) is 11.3 Å². The molecule has 14 heavy (non-hydrogen) atoms. The average Bonchev–Trinajstić information content (AvgIpc) is 2.21. The van der Waals surface area contributed by atoms with Crippen molar-refractivity contribution in [2.75, 3.05) is 13.2 Å². The molecular formula is C12H18O2. The first-order valence-electron chi connectivity index (χ1n) is 5.17. The van der Waals surface area contributed by atoms with E-state index in [1.54, 1.807) is 0 Å². The molecule has 78 valence electrons. The third kappa shape index (κ3) is 3.38. The van der Waals surface area contributed by atoms with E-state index in [0.29, 0.717) is 13.2 Å². The molecule has 2 nitrogen and oxygen atoms in total. The number of rotatable bonds is 6. The van der Waals surface area contributed by atoms with E-state index in [-0.39, 0.29) is 0 Å². The summed E-state index contributed by atoms with van der Waals surface area (Å²) < 4.78 is 11.0. The van der Waals surface area contributed by atoms with Crippen molar-refractivity contribution in [1.82, 2.24) is 0 Å². The maximum Gasteiger partial charge on any atom is 0.124 e. The van der Waals surface area contributed by atoms with E-state index < -0.39 is 0 Å². The van der Waals surface area contributed by atoms with Crippen LogP contribution in [0.5, 0.6) is 5.75 Å². The standard InChI is InChI=1S/C12H18O2/c1-3-9-13-10-11-7-5-6-8-12(11)14-4-2/h5-8H,3-4,9-10H2,1-2H3. The predicted octanol–water partition coefficient (Wildman–Crippen LogP) is 3.01.